The van der Waals surface area contributed by atoms with Gasteiger partial charge in [0.2, 0.25) is 0 Å². The van der Waals surface area contributed by atoms with E-state index < -0.39 is 0 Å². The second-order valence-electron chi connectivity index (χ2n) is 5.32. The van der Waals surface area contributed by atoms with Crippen LogP contribution in [0.2, 0.25) is 0 Å². The van der Waals surface area contributed by atoms with Crippen LogP contribution in [-0.2, 0) is 6.42 Å². The van der Waals surface area contributed by atoms with Gasteiger partial charge in [-0.25, -0.2) is 0 Å². The van der Waals surface area contributed by atoms with Gasteiger partial charge in [0.25, 0.3) is 0 Å². The molecule has 1 aliphatic heterocycles. The molecule has 0 bridgehead atoms. The van der Waals surface area contributed by atoms with E-state index in [2.05, 4.69) is 24.9 Å². The number of hydrogen-bond acceptors (Lipinski definition) is 3. The molecule has 1 aliphatic rings. The molecule has 0 saturated heterocycles. The topological polar surface area (TPSA) is 48.1 Å². The number of hydrogen-bond donors (Lipinski definition) is 1. The summed E-state index contributed by atoms with van der Waals surface area (Å²) in [5.41, 5.74) is 9.93. The van der Waals surface area contributed by atoms with E-state index in [0.717, 1.165) is 29.0 Å². The lowest BCUT2D eigenvalue weighted by atomic mass is 9.98. The Hall–Kier alpha value is -2.03. The first-order valence-corrected chi connectivity index (χ1v) is 6.07. The quantitative estimate of drug-likeness (QED) is 0.833. The number of anilines is 1. The van der Waals surface area contributed by atoms with Gasteiger partial charge in [0.15, 0.2) is 0 Å². The molecule has 0 atom stereocenters. The molecule has 2 N–H and O–H groups in total. The van der Waals surface area contributed by atoms with E-state index in [-0.39, 0.29) is 5.60 Å². The highest BCUT2D eigenvalue weighted by molar-refractivity contribution is 5.76. The second kappa shape index (κ2) is 3.73. The third-order valence-electron chi connectivity index (χ3n) is 3.23. The van der Waals surface area contributed by atoms with E-state index in [1.165, 1.54) is 5.56 Å². The maximum Gasteiger partial charge on any atom is 0.123 e. The van der Waals surface area contributed by atoms with Gasteiger partial charge >= 0.3 is 0 Å². The van der Waals surface area contributed by atoms with Crippen molar-refractivity contribution in [1.82, 2.24) is 4.98 Å². The highest BCUT2D eigenvalue weighted by Gasteiger charge is 2.30. The zero-order valence-electron chi connectivity index (χ0n) is 10.6. The van der Waals surface area contributed by atoms with Crippen molar-refractivity contribution in [3.05, 3.63) is 42.2 Å². The summed E-state index contributed by atoms with van der Waals surface area (Å²) in [5.74, 6) is 0.978. The SMILES string of the molecule is CC1(C)Cc2cc(-c3cnccc3N)ccc2O1. The Kier molecular flexibility index (Phi) is 2.30. The van der Waals surface area contributed by atoms with Crippen LogP contribution < -0.4 is 10.5 Å². The van der Waals surface area contributed by atoms with Gasteiger partial charge < -0.3 is 10.5 Å². The fourth-order valence-corrected chi connectivity index (χ4v) is 2.42. The van der Waals surface area contributed by atoms with Gasteiger partial charge in [-0.1, -0.05) is 6.07 Å². The maximum atomic E-state index is 5.98. The molecule has 0 amide bonds. The number of fused-ring (bicyclic) bond motifs is 1. The first-order chi connectivity index (χ1) is 8.55. The maximum absolute atomic E-state index is 5.98. The predicted octanol–water partition coefficient (Wildman–Crippen LogP) is 3.04. The summed E-state index contributed by atoms with van der Waals surface area (Å²) < 4.78 is 5.87. The largest absolute Gasteiger partial charge is 0.487 e. The molecule has 0 radical (unpaired) electrons. The summed E-state index contributed by atoms with van der Waals surface area (Å²) >= 11 is 0. The summed E-state index contributed by atoms with van der Waals surface area (Å²) in [6, 6.07) is 8.03. The third-order valence-corrected chi connectivity index (χ3v) is 3.23. The van der Waals surface area contributed by atoms with E-state index in [1.54, 1.807) is 12.4 Å². The minimum absolute atomic E-state index is 0.110. The molecule has 0 spiro atoms. The Morgan fingerprint density at radius 1 is 1.28 bits per heavy atom. The van der Waals surface area contributed by atoms with E-state index in [1.807, 2.05) is 18.2 Å². The average molecular weight is 240 g/mol. The van der Waals surface area contributed by atoms with Crippen molar-refractivity contribution in [2.24, 2.45) is 0 Å². The molecular formula is C15H16N2O. The van der Waals surface area contributed by atoms with Gasteiger partial charge in [0.1, 0.15) is 11.4 Å². The van der Waals surface area contributed by atoms with Gasteiger partial charge in [-0.3, -0.25) is 4.98 Å². The molecule has 1 aromatic heterocycles. The standard InChI is InChI=1S/C15H16N2O/c1-15(2)8-11-7-10(3-4-14(11)18-15)12-9-17-6-5-13(12)16/h3-7,9H,8H2,1-2H3,(H2,16,17). The second-order valence-corrected chi connectivity index (χ2v) is 5.32. The molecule has 3 nitrogen and oxygen atoms in total. The van der Waals surface area contributed by atoms with Crippen LogP contribution in [0.15, 0.2) is 36.7 Å². The monoisotopic (exact) mass is 240 g/mol. The number of ether oxygens (including phenoxy) is 1. The zero-order valence-corrected chi connectivity index (χ0v) is 10.6. The molecule has 3 heteroatoms. The molecule has 2 aromatic rings. The molecule has 2 heterocycles. The van der Waals surface area contributed by atoms with E-state index >= 15 is 0 Å². The first kappa shape index (κ1) is 11.1. The summed E-state index contributed by atoms with van der Waals surface area (Å²) in [4.78, 5) is 4.13. The Morgan fingerprint density at radius 3 is 2.89 bits per heavy atom. The van der Waals surface area contributed by atoms with Crippen LogP contribution in [0.1, 0.15) is 19.4 Å². The van der Waals surface area contributed by atoms with Crippen molar-refractivity contribution in [2.45, 2.75) is 25.9 Å². The van der Waals surface area contributed by atoms with Crippen LogP contribution in [0.5, 0.6) is 5.75 Å². The minimum Gasteiger partial charge on any atom is -0.487 e. The van der Waals surface area contributed by atoms with Crippen molar-refractivity contribution in [1.29, 1.82) is 0 Å². The Labute approximate surface area is 107 Å². The van der Waals surface area contributed by atoms with Crippen molar-refractivity contribution >= 4 is 5.69 Å². The average Bonchev–Trinajstić information content (AvgIpc) is 2.62. The number of pyridine rings is 1. The number of benzene rings is 1. The van der Waals surface area contributed by atoms with Crippen LogP contribution >= 0.6 is 0 Å². The van der Waals surface area contributed by atoms with E-state index in [4.69, 9.17) is 10.5 Å². The molecule has 3 rings (SSSR count). The van der Waals surface area contributed by atoms with Crippen molar-refractivity contribution in [3.63, 3.8) is 0 Å². The van der Waals surface area contributed by atoms with Crippen molar-refractivity contribution in [2.75, 3.05) is 5.73 Å². The van der Waals surface area contributed by atoms with Crippen LogP contribution in [0.3, 0.4) is 0 Å². The van der Waals surface area contributed by atoms with E-state index in [9.17, 15) is 0 Å². The third kappa shape index (κ3) is 1.82. The van der Waals surface area contributed by atoms with Crippen LogP contribution in [0.4, 0.5) is 5.69 Å². The normalized spacial score (nSPS) is 16.1. The van der Waals surface area contributed by atoms with Gasteiger partial charge in [-0.05, 0) is 43.2 Å². The summed E-state index contributed by atoms with van der Waals surface area (Å²) in [7, 11) is 0. The van der Waals surface area contributed by atoms with Crippen molar-refractivity contribution < 1.29 is 4.74 Å². The smallest absolute Gasteiger partial charge is 0.123 e. The van der Waals surface area contributed by atoms with Crippen LogP contribution in [-0.4, -0.2) is 10.6 Å². The Bertz CT molecular complexity index is 605. The molecule has 1 aromatic carbocycles. The molecule has 0 saturated carbocycles. The van der Waals surface area contributed by atoms with Gasteiger partial charge in [-0.2, -0.15) is 0 Å². The molecule has 92 valence electrons. The molecular weight excluding hydrogens is 224 g/mol. The van der Waals surface area contributed by atoms with Gasteiger partial charge in [0, 0.05) is 30.1 Å². The Balaban J connectivity index is 2.05. The lowest BCUT2D eigenvalue weighted by molar-refractivity contribution is 0.138. The van der Waals surface area contributed by atoms with Crippen LogP contribution in [0.25, 0.3) is 11.1 Å². The predicted molar refractivity (Wildman–Crippen MR) is 72.5 cm³/mol. The molecule has 0 fully saturated rings. The molecule has 0 aliphatic carbocycles. The first-order valence-electron chi connectivity index (χ1n) is 6.07. The lowest BCUT2D eigenvalue weighted by Crippen LogP contribution is -2.24. The number of nitrogens with zero attached hydrogens (tertiary/aromatic N) is 1. The van der Waals surface area contributed by atoms with Gasteiger partial charge in [0.05, 0.1) is 0 Å². The number of aromatic nitrogens is 1. The van der Waals surface area contributed by atoms with E-state index in [0.29, 0.717) is 0 Å². The lowest BCUT2D eigenvalue weighted by Gasteiger charge is -2.16. The highest BCUT2D eigenvalue weighted by Crippen LogP contribution is 2.37. The number of nitrogen functional groups attached to an aromatic ring is 1. The fourth-order valence-electron chi connectivity index (χ4n) is 2.42. The van der Waals surface area contributed by atoms with Gasteiger partial charge in [-0.15, -0.1) is 0 Å². The zero-order chi connectivity index (χ0) is 12.8. The Morgan fingerprint density at radius 2 is 2.11 bits per heavy atom. The summed E-state index contributed by atoms with van der Waals surface area (Å²) in [6.07, 6.45) is 4.44. The highest BCUT2D eigenvalue weighted by atomic mass is 16.5. The number of rotatable bonds is 1. The minimum atomic E-state index is -0.110. The summed E-state index contributed by atoms with van der Waals surface area (Å²) in [5, 5.41) is 0. The summed E-state index contributed by atoms with van der Waals surface area (Å²) in [6.45, 7) is 4.20. The molecule has 18 heavy (non-hydrogen) atoms. The van der Waals surface area contributed by atoms with Crippen LogP contribution in [0, 0.1) is 0 Å². The number of nitrogens with two attached hydrogens (primary N) is 1. The molecule has 0 unspecified atom stereocenters. The van der Waals surface area contributed by atoms with Crippen molar-refractivity contribution in [3.8, 4) is 16.9 Å². The fraction of sp³-hybridized carbons (Fsp3) is 0.267.